The van der Waals surface area contributed by atoms with Crippen LogP contribution in [0.2, 0.25) is 0 Å². The molecule has 0 unspecified atom stereocenters. The average Bonchev–Trinajstić information content (AvgIpc) is 2.63. The van der Waals surface area contributed by atoms with Crippen molar-refractivity contribution >= 4 is 21.8 Å². The molecule has 0 aromatic heterocycles. The van der Waals surface area contributed by atoms with Crippen molar-refractivity contribution in [1.29, 1.82) is 0 Å². The summed E-state index contributed by atoms with van der Waals surface area (Å²) in [5.74, 6) is 1.45. The molecule has 24 heavy (non-hydrogen) atoms. The highest BCUT2D eigenvalue weighted by molar-refractivity contribution is 9.10. The number of hydrogen-bond acceptors (Lipinski definition) is 2. The van der Waals surface area contributed by atoms with E-state index in [1.54, 1.807) is 7.11 Å². The Balaban J connectivity index is 1.61. The van der Waals surface area contributed by atoms with Crippen LogP contribution in [0.5, 0.6) is 5.75 Å². The van der Waals surface area contributed by atoms with Gasteiger partial charge in [-0.15, -0.1) is 0 Å². The molecule has 3 nitrogen and oxygen atoms in total. The van der Waals surface area contributed by atoms with Crippen LogP contribution < -0.4 is 4.74 Å². The Morgan fingerprint density at radius 2 is 1.88 bits per heavy atom. The number of benzene rings is 2. The first-order valence-corrected chi connectivity index (χ1v) is 9.13. The maximum Gasteiger partial charge on any atom is 0.255 e. The Bertz CT molecular complexity index is 694. The van der Waals surface area contributed by atoms with Crippen LogP contribution in [-0.4, -0.2) is 31.0 Å². The smallest absolute Gasteiger partial charge is 0.255 e. The molecule has 1 heterocycles. The van der Waals surface area contributed by atoms with Crippen LogP contribution in [0.4, 0.5) is 0 Å². The number of carbonyl (C=O) groups is 1. The summed E-state index contributed by atoms with van der Waals surface area (Å²) in [6.07, 6.45) is 3.22. The highest BCUT2D eigenvalue weighted by Gasteiger charge is 2.25. The fourth-order valence-corrected chi connectivity index (χ4v) is 3.67. The van der Waals surface area contributed by atoms with Crippen molar-refractivity contribution in [2.75, 3.05) is 20.2 Å². The lowest BCUT2D eigenvalue weighted by molar-refractivity contribution is 0.0689. The molecule has 0 atom stereocenters. The largest absolute Gasteiger partial charge is 0.497 e. The van der Waals surface area contributed by atoms with E-state index < -0.39 is 0 Å². The zero-order valence-corrected chi connectivity index (χ0v) is 15.5. The Hall–Kier alpha value is -1.81. The molecule has 0 spiro atoms. The minimum absolute atomic E-state index is 0.0823. The number of hydrogen-bond donors (Lipinski definition) is 0. The van der Waals surface area contributed by atoms with Gasteiger partial charge in [0.1, 0.15) is 5.75 Å². The van der Waals surface area contributed by atoms with Gasteiger partial charge in [0.05, 0.1) is 12.7 Å². The lowest BCUT2D eigenvalue weighted by Gasteiger charge is -2.32. The number of ether oxygens (including phenoxy) is 1. The molecular formula is C20H22BrNO2. The van der Waals surface area contributed by atoms with E-state index in [-0.39, 0.29) is 5.91 Å². The molecular weight excluding hydrogens is 366 g/mol. The molecule has 1 amide bonds. The van der Waals surface area contributed by atoms with Crippen LogP contribution in [-0.2, 0) is 6.42 Å². The lowest BCUT2D eigenvalue weighted by Crippen LogP contribution is -2.39. The number of halogens is 1. The van der Waals surface area contributed by atoms with E-state index in [1.807, 2.05) is 23.1 Å². The second kappa shape index (κ2) is 7.84. The Kier molecular flexibility index (Phi) is 5.56. The molecule has 2 aromatic carbocycles. The number of piperidine rings is 1. The maximum absolute atomic E-state index is 12.8. The summed E-state index contributed by atoms with van der Waals surface area (Å²) in [5.41, 5.74) is 2.06. The maximum atomic E-state index is 12.8. The minimum atomic E-state index is 0.0823. The Labute approximate surface area is 151 Å². The Morgan fingerprint density at radius 3 is 2.54 bits per heavy atom. The zero-order chi connectivity index (χ0) is 16.9. The molecule has 3 rings (SSSR count). The van der Waals surface area contributed by atoms with Gasteiger partial charge in [-0.3, -0.25) is 4.79 Å². The number of nitrogens with zero attached hydrogens (tertiary/aromatic N) is 1. The molecule has 0 N–H and O–H groups in total. The van der Waals surface area contributed by atoms with Crippen molar-refractivity contribution < 1.29 is 9.53 Å². The standard InChI is InChI=1S/C20H22BrNO2/c1-24-17-7-8-19(21)18(14-17)20(23)22-11-9-16(10-12-22)13-15-5-3-2-4-6-15/h2-8,14,16H,9-13H2,1H3. The van der Waals surface area contributed by atoms with Crippen LogP contribution in [0.3, 0.4) is 0 Å². The second-order valence-electron chi connectivity index (χ2n) is 6.27. The van der Waals surface area contributed by atoms with Crippen molar-refractivity contribution in [3.05, 3.63) is 64.1 Å². The van der Waals surface area contributed by atoms with Crippen LogP contribution in [0.15, 0.2) is 53.0 Å². The van der Waals surface area contributed by atoms with Gasteiger partial charge < -0.3 is 9.64 Å². The van der Waals surface area contributed by atoms with Crippen molar-refractivity contribution in [3.63, 3.8) is 0 Å². The molecule has 0 radical (unpaired) electrons. The van der Waals surface area contributed by atoms with Gasteiger partial charge in [0.2, 0.25) is 0 Å². The lowest BCUT2D eigenvalue weighted by atomic mass is 9.90. The molecule has 2 aromatic rings. The predicted octanol–water partition coefficient (Wildman–Crippen LogP) is 4.55. The van der Waals surface area contributed by atoms with Gasteiger partial charge in [-0.2, -0.15) is 0 Å². The fourth-order valence-electron chi connectivity index (χ4n) is 3.25. The third-order valence-electron chi connectivity index (χ3n) is 4.67. The number of amides is 1. The number of methoxy groups -OCH3 is 1. The number of rotatable bonds is 4. The van der Waals surface area contributed by atoms with Crippen LogP contribution in [0.25, 0.3) is 0 Å². The number of carbonyl (C=O) groups excluding carboxylic acids is 1. The first kappa shape index (κ1) is 17.0. The predicted molar refractivity (Wildman–Crippen MR) is 99.5 cm³/mol. The monoisotopic (exact) mass is 387 g/mol. The van der Waals surface area contributed by atoms with Crippen molar-refractivity contribution in [2.24, 2.45) is 5.92 Å². The van der Waals surface area contributed by atoms with E-state index in [1.165, 1.54) is 5.56 Å². The third kappa shape index (κ3) is 3.99. The minimum Gasteiger partial charge on any atom is -0.497 e. The quantitative estimate of drug-likeness (QED) is 0.769. The molecule has 1 aliphatic rings. The summed E-state index contributed by atoms with van der Waals surface area (Å²) in [4.78, 5) is 14.8. The highest BCUT2D eigenvalue weighted by Crippen LogP contribution is 2.27. The SMILES string of the molecule is COc1ccc(Br)c(C(=O)N2CCC(Cc3ccccc3)CC2)c1. The van der Waals surface area contributed by atoms with Crippen molar-refractivity contribution in [3.8, 4) is 5.75 Å². The second-order valence-corrected chi connectivity index (χ2v) is 7.13. The average molecular weight is 388 g/mol. The third-order valence-corrected chi connectivity index (χ3v) is 5.36. The summed E-state index contributed by atoms with van der Waals surface area (Å²) < 4.78 is 6.06. The fraction of sp³-hybridized carbons (Fsp3) is 0.350. The summed E-state index contributed by atoms with van der Waals surface area (Å²) in [7, 11) is 1.62. The van der Waals surface area contributed by atoms with Crippen LogP contribution in [0, 0.1) is 5.92 Å². The molecule has 4 heteroatoms. The summed E-state index contributed by atoms with van der Waals surface area (Å²) in [6, 6.07) is 16.1. The van der Waals surface area contributed by atoms with Crippen molar-refractivity contribution in [1.82, 2.24) is 4.90 Å². The molecule has 1 aliphatic heterocycles. The van der Waals surface area contributed by atoms with Crippen LogP contribution in [0.1, 0.15) is 28.8 Å². The zero-order valence-electron chi connectivity index (χ0n) is 13.9. The Morgan fingerprint density at radius 1 is 1.17 bits per heavy atom. The topological polar surface area (TPSA) is 29.5 Å². The van der Waals surface area contributed by atoms with Gasteiger partial charge in [-0.25, -0.2) is 0 Å². The summed E-state index contributed by atoms with van der Waals surface area (Å²) in [6.45, 7) is 1.64. The molecule has 126 valence electrons. The molecule has 1 saturated heterocycles. The van der Waals surface area contributed by atoms with E-state index in [4.69, 9.17) is 4.74 Å². The normalized spacial score (nSPS) is 15.3. The first-order chi connectivity index (χ1) is 11.7. The van der Waals surface area contributed by atoms with Gasteiger partial charge in [0.15, 0.2) is 0 Å². The van der Waals surface area contributed by atoms with Gasteiger partial charge in [0, 0.05) is 17.6 Å². The molecule has 0 bridgehead atoms. The highest BCUT2D eigenvalue weighted by atomic mass is 79.9. The molecule has 0 saturated carbocycles. The van der Waals surface area contributed by atoms with E-state index in [9.17, 15) is 4.79 Å². The van der Waals surface area contributed by atoms with E-state index >= 15 is 0 Å². The van der Waals surface area contributed by atoms with Gasteiger partial charge in [0.25, 0.3) is 5.91 Å². The van der Waals surface area contributed by atoms with Crippen LogP contribution >= 0.6 is 15.9 Å². The summed E-state index contributed by atoms with van der Waals surface area (Å²) >= 11 is 3.48. The molecule has 1 fully saturated rings. The van der Waals surface area contributed by atoms with Gasteiger partial charge >= 0.3 is 0 Å². The first-order valence-electron chi connectivity index (χ1n) is 8.34. The van der Waals surface area contributed by atoms with Gasteiger partial charge in [-0.1, -0.05) is 30.3 Å². The van der Waals surface area contributed by atoms with Gasteiger partial charge in [-0.05, 0) is 64.9 Å². The number of likely N-dealkylation sites (tertiary alicyclic amines) is 1. The molecule has 0 aliphatic carbocycles. The summed E-state index contributed by atoms with van der Waals surface area (Å²) in [5, 5.41) is 0. The van der Waals surface area contributed by atoms with E-state index in [0.29, 0.717) is 17.2 Å². The van der Waals surface area contributed by atoms with E-state index in [2.05, 4.69) is 46.3 Å². The van der Waals surface area contributed by atoms with Crippen molar-refractivity contribution in [2.45, 2.75) is 19.3 Å². The van der Waals surface area contributed by atoms with E-state index in [0.717, 1.165) is 36.8 Å².